The Labute approximate surface area is 111 Å². The van der Waals surface area contributed by atoms with Crippen molar-refractivity contribution in [3.63, 3.8) is 0 Å². The molecule has 102 valence electrons. The first-order chi connectivity index (χ1) is 8.86. The van der Waals surface area contributed by atoms with E-state index in [-0.39, 0.29) is 0 Å². The molecule has 2 rings (SSSR count). The molecule has 1 N–H and O–H groups in total. The van der Waals surface area contributed by atoms with E-state index in [1.54, 1.807) is 0 Å². The van der Waals surface area contributed by atoms with Gasteiger partial charge in [0, 0.05) is 24.9 Å². The van der Waals surface area contributed by atoms with E-state index >= 15 is 0 Å². The SMILES string of the molecule is CCCn1ccnc1C1CCCCC1CNCC. The van der Waals surface area contributed by atoms with Crippen molar-refractivity contribution in [2.75, 3.05) is 13.1 Å². The molecule has 3 heteroatoms. The average molecular weight is 249 g/mol. The van der Waals surface area contributed by atoms with Crippen molar-refractivity contribution in [2.45, 2.75) is 58.4 Å². The van der Waals surface area contributed by atoms with Gasteiger partial charge >= 0.3 is 0 Å². The third kappa shape index (κ3) is 3.14. The fourth-order valence-corrected chi connectivity index (χ4v) is 3.20. The summed E-state index contributed by atoms with van der Waals surface area (Å²) < 4.78 is 2.37. The molecule has 18 heavy (non-hydrogen) atoms. The zero-order valence-corrected chi connectivity index (χ0v) is 11.9. The predicted octanol–water partition coefficient (Wildman–Crippen LogP) is 3.18. The van der Waals surface area contributed by atoms with E-state index < -0.39 is 0 Å². The highest BCUT2D eigenvalue weighted by molar-refractivity contribution is 5.04. The fourth-order valence-electron chi connectivity index (χ4n) is 3.20. The summed E-state index contributed by atoms with van der Waals surface area (Å²) in [7, 11) is 0. The van der Waals surface area contributed by atoms with Gasteiger partial charge in [-0.15, -0.1) is 0 Å². The van der Waals surface area contributed by atoms with Crippen LogP contribution in [-0.2, 0) is 6.54 Å². The molecule has 2 atom stereocenters. The Balaban J connectivity index is 2.09. The molecule has 0 amide bonds. The topological polar surface area (TPSA) is 29.9 Å². The third-order valence-electron chi connectivity index (χ3n) is 4.11. The normalized spacial score (nSPS) is 24.3. The quantitative estimate of drug-likeness (QED) is 0.839. The Morgan fingerprint density at radius 1 is 1.33 bits per heavy atom. The van der Waals surface area contributed by atoms with Crippen LogP contribution < -0.4 is 5.32 Å². The number of nitrogens with zero attached hydrogens (tertiary/aromatic N) is 2. The molecule has 1 aliphatic rings. The van der Waals surface area contributed by atoms with Gasteiger partial charge < -0.3 is 9.88 Å². The van der Waals surface area contributed by atoms with Crippen LogP contribution in [0.3, 0.4) is 0 Å². The minimum atomic E-state index is 0.666. The summed E-state index contributed by atoms with van der Waals surface area (Å²) in [4.78, 5) is 4.65. The lowest BCUT2D eigenvalue weighted by Crippen LogP contribution is -2.30. The lowest BCUT2D eigenvalue weighted by molar-refractivity contribution is 0.282. The minimum absolute atomic E-state index is 0.666. The van der Waals surface area contributed by atoms with Crippen LogP contribution in [0.2, 0.25) is 0 Å². The average Bonchev–Trinajstić information content (AvgIpc) is 2.85. The molecule has 3 nitrogen and oxygen atoms in total. The molecule has 0 spiro atoms. The van der Waals surface area contributed by atoms with E-state index in [1.807, 2.05) is 6.20 Å². The van der Waals surface area contributed by atoms with Crippen LogP contribution in [0.15, 0.2) is 12.4 Å². The van der Waals surface area contributed by atoms with Crippen LogP contribution >= 0.6 is 0 Å². The van der Waals surface area contributed by atoms with Gasteiger partial charge in [0.25, 0.3) is 0 Å². The maximum atomic E-state index is 4.65. The fraction of sp³-hybridized carbons (Fsp3) is 0.800. The number of hydrogen-bond acceptors (Lipinski definition) is 2. The van der Waals surface area contributed by atoms with Gasteiger partial charge in [-0.25, -0.2) is 4.98 Å². The van der Waals surface area contributed by atoms with Crippen molar-refractivity contribution in [3.8, 4) is 0 Å². The summed E-state index contributed by atoms with van der Waals surface area (Å²) in [6.45, 7) is 7.77. The van der Waals surface area contributed by atoms with E-state index in [0.29, 0.717) is 5.92 Å². The summed E-state index contributed by atoms with van der Waals surface area (Å²) in [5, 5.41) is 3.52. The minimum Gasteiger partial charge on any atom is -0.335 e. The van der Waals surface area contributed by atoms with Crippen molar-refractivity contribution >= 4 is 0 Å². The summed E-state index contributed by atoms with van der Waals surface area (Å²) in [6, 6.07) is 0. The molecule has 2 unspecified atom stereocenters. The van der Waals surface area contributed by atoms with Crippen molar-refractivity contribution < 1.29 is 0 Å². The molecule has 1 heterocycles. The first-order valence-corrected chi connectivity index (χ1v) is 7.58. The van der Waals surface area contributed by atoms with Crippen LogP contribution in [0.5, 0.6) is 0 Å². The Kier molecular flexibility index (Phi) is 5.24. The first-order valence-electron chi connectivity index (χ1n) is 7.58. The summed E-state index contributed by atoms with van der Waals surface area (Å²) in [5.41, 5.74) is 0. The van der Waals surface area contributed by atoms with Crippen molar-refractivity contribution in [2.24, 2.45) is 5.92 Å². The Morgan fingerprint density at radius 3 is 2.94 bits per heavy atom. The highest BCUT2D eigenvalue weighted by Gasteiger charge is 2.28. The van der Waals surface area contributed by atoms with Gasteiger partial charge in [0.05, 0.1) is 0 Å². The highest BCUT2D eigenvalue weighted by atomic mass is 15.1. The predicted molar refractivity (Wildman–Crippen MR) is 75.8 cm³/mol. The zero-order valence-electron chi connectivity index (χ0n) is 11.9. The Morgan fingerprint density at radius 2 is 2.17 bits per heavy atom. The first kappa shape index (κ1) is 13.6. The van der Waals surface area contributed by atoms with E-state index in [0.717, 1.165) is 25.6 Å². The molecule has 1 aromatic heterocycles. The van der Waals surface area contributed by atoms with E-state index in [9.17, 15) is 0 Å². The smallest absolute Gasteiger partial charge is 0.112 e. The number of nitrogens with one attached hydrogen (secondary N) is 1. The molecule has 0 aromatic carbocycles. The van der Waals surface area contributed by atoms with Crippen LogP contribution in [0, 0.1) is 5.92 Å². The van der Waals surface area contributed by atoms with Crippen LogP contribution in [-0.4, -0.2) is 22.6 Å². The molecule has 1 saturated carbocycles. The molecule has 0 bridgehead atoms. The number of aryl methyl sites for hydroxylation is 1. The maximum absolute atomic E-state index is 4.65. The monoisotopic (exact) mass is 249 g/mol. The van der Waals surface area contributed by atoms with Crippen LogP contribution in [0.25, 0.3) is 0 Å². The van der Waals surface area contributed by atoms with Gasteiger partial charge in [-0.1, -0.05) is 26.7 Å². The second-order valence-corrected chi connectivity index (χ2v) is 5.44. The lowest BCUT2D eigenvalue weighted by Gasteiger charge is -2.31. The van der Waals surface area contributed by atoms with Gasteiger partial charge in [0.1, 0.15) is 5.82 Å². The van der Waals surface area contributed by atoms with Crippen LogP contribution in [0.4, 0.5) is 0 Å². The Bertz CT molecular complexity index is 345. The van der Waals surface area contributed by atoms with Gasteiger partial charge in [-0.2, -0.15) is 0 Å². The van der Waals surface area contributed by atoms with Gasteiger partial charge in [0.15, 0.2) is 0 Å². The largest absolute Gasteiger partial charge is 0.335 e. The third-order valence-corrected chi connectivity index (χ3v) is 4.11. The standard InChI is InChI=1S/C15H27N3/c1-3-10-18-11-9-17-15(18)14-8-6-5-7-13(14)12-16-4-2/h9,11,13-14,16H,3-8,10,12H2,1-2H3. The molecule has 1 aromatic rings. The van der Waals surface area contributed by atoms with Crippen molar-refractivity contribution in [1.82, 2.24) is 14.9 Å². The van der Waals surface area contributed by atoms with Gasteiger partial charge in [-0.05, 0) is 38.3 Å². The molecule has 0 saturated heterocycles. The second-order valence-electron chi connectivity index (χ2n) is 5.44. The van der Waals surface area contributed by atoms with Gasteiger partial charge in [0.2, 0.25) is 0 Å². The molecule has 0 aliphatic heterocycles. The second kappa shape index (κ2) is 6.93. The zero-order chi connectivity index (χ0) is 12.8. The molecule has 1 aliphatic carbocycles. The maximum Gasteiger partial charge on any atom is 0.112 e. The summed E-state index contributed by atoms with van der Waals surface area (Å²) in [6.07, 6.45) is 10.7. The number of rotatable bonds is 6. The molecular formula is C15H27N3. The Hall–Kier alpha value is -0.830. The van der Waals surface area contributed by atoms with Crippen LogP contribution in [0.1, 0.15) is 57.7 Å². The van der Waals surface area contributed by atoms with E-state index in [4.69, 9.17) is 0 Å². The highest BCUT2D eigenvalue weighted by Crippen LogP contribution is 2.36. The summed E-state index contributed by atoms with van der Waals surface area (Å²) in [5.74, 6) is 2.77. The number of hydrogen-bond donors (Lipinski definition) is 1. The van der Waals surface area contributed by atoms with E-state index in [2.05, 4.69) is 34.9 Å². The number of imidazole rings is 1. The van der Waals surface area contributed by atoms with Crippen molar-refractivity contribution in [3.05, 3.63) is 18.2 Å². The molecule has 0 radical (unpaired) electrons. The molecule has 1 fully saturated rings. The van der Waals surface area contributed by atoms with Gasteiger partial charge in [-0.3, -0.25) is 0 Å². The number of aromatic nitrogens is 2. The lowest BCUT2D eigenvalue weighted by atomic mass is 9.78. The molecular weight excluding hydrogens is 222 g/mol. The van der Waals surface area contributed by atoms with Crippen molar-refractivity contribution in [1.29, 1.82) is 0 Å². The summed E-state index contributed by atoms with van der Waals surface area (Å²) >= 11 is 0. The van der Waals surface area contributed by atoms with E-state index in [1.165, 1.54) is 37.9 Å².